The second-order valence-corrected chi connectivity index (χ2v) is 7.45. The standard InChI is InChI=1S/C25H24N2O2/c1-3-27-24(18-9-5-4-6-10-18)21-12-8-7-11-20(21)22-23(26-29-25(22)27)17-13-15-19(28-2)16-14-17/h4-16,22,24-25H,3H2,1-2H3/t22-,24+,25+/m1/s1. The summed E-state index contributed by atoms with van der Waals surface area (Å²) < 4.78 is 5.31. The van der Waals surface area contributed by atoms with Crippen molar-refractivity contribution in [1.29, 1.82) is 0 Å². The average Bonchev–Trinajstić information content (AvgIpc) is 3.24. The largest absolute Gasteiger partial charge is 0.497 e. The Bertz CT molecular complexity index is 1030. The summed E-state index contributed by atoms with van der Waals surface area (Å²) in [4.78, 5) is 8.49. The molecule has 0 unspecified atom stereocenters. The minimum atomic E-state index is -0.114. The molecule has 0 bridgehead atoms. The Balaban J connectivity index is 1.62. The molecule has 2 aliphatic rings. The quantitative estimate of drug-likeness (QED) is 0.637. The molecule has 0 fully saturated rings. The summed E-state index contributed by atoms with van der Waals surface area (Å²) in [6.45, 7) is 3.07. The molecule has 0 N–H and O–H groups in total. The number of likely N-dealkylation sites (N-methyl/N-ethyl adjacent to an activating group) is 1. The predicted molar refractivity (Wildman–Crippen MR) is 114 cm³/mol. The highest BCUT2D eigenvalue weighted by molar-refractivity contribution is 6.06. The molecule has 2 heterocycles. The summed E-state index contributed by atoms with van der Waals surface area (Å²) in [6, 6.07) is 27.6. The Morgan fingerprint density at radius 3 is 2.28 bits per heavy atom. The van der Waals surface area contributed by atoms with Gasteiger partial charge in [-0.1, -0.05) is 66.7 Å². The summed E-state index contributed by atoms with van der Waals surface area (Å²) in [5.41, 5.74) is 5.95. The lowest BCUT2D eigenvalue weighted by Gasteiger charge is -2.43. The van der Waals surface area contributed by atoms with Gasteiger partial charge < -0.3 is 9.57 Å². The first kappa shape index (κ1) is 18.0. The van der Waals surface area contributed by atoms with Gasteiger partial charge >= 0.3 is 0 Å². The topological polar surface area (TPSA) is 34.1 Å². The van der Waals surface area contributed by atoms with E-state index < -0.39 is 0 Å². The predicted octanol–water partition coefficient (Wildman–Crippen LogP) is 4.96. The van der Waals surface area contributed by atoms with Crippen LogP contribution in [0.15, 0.2) is 84.0 Å². The number of rotatable bonds is 4. The first-order valence-electron chi connectivity index (χ1n) is 10.1. The van der Waals surface area contributed by atoms with Crippen molar-refractivity contribution in [2.45, 2.75) is 25.1 Å². The summed E-state index contributed by atoms with van der Waals surface area (Å²) in [5.74, 6) is 0.924. The summed E-state index contributed by atoms with van der Waals surface area (Å²) in [7, 11) is 1.68. The molecule has 0 aromatic heterocycles. The highest BCUT2D eigenvalue weighted by atomic mass is 16.7. The van der Waals surface area contributed by atoms with E-state index >= 15 is 0 Å². The van der Waals surface area contributed by atoms with Crippen LogP contribution in [0, 0.1) is 0 Å². The smallest absolute Gasteiger partial charge is 0.194 e. The van der Waals surface area contributed by atoms with Gasteiger partial charge in [0.15, 0.2) is 6.23 Å². The van der Waals surface area contributed by atoms with Crippen molar-refractivity contribution in [3.8, 4) is 5.75 Å². The highest BCUT2D eigenvalue weighted by Crippen LogP contribution is 2.47. The maximum absolute atomic E-state index is 6.08. The molecular weight excluding hydrogens is 360 g/mol. The van der Waals surface area contributed by atoms with E-state index in [1.54, 1.807) is 7.11 Å². The van der Waals surface area contributed by atoms with Crippen molar-refractivity contribution in [2.75, 3.05) is 13.7 Å². The monoisotopic (exact) mass is 384 g/mol. The zero-order valence-electron chi connectivity index (χ0n) is 16.7. The third-order valence-electron chi connectivity index (χ3n) is 5.99. The van der Waals surface area contributed by atoms with Crippen molar-refractivity contribution in [2.24, 2.45) is 5.16 Å². The minimum absolute atomic E-state index is 0.0829. The molecule has 146 valence electrons. The molecule has 0 saturated carbocycles. The van der Waals surface area contributed by atoms with Crippen LogP contribution >= 0.6 is 0 Å². The number of ether oxygens (including phenoxy) is 1. The van der Waals surface area contributed by atoms with Gasteiger partial charge in [-0.25, -0.2) is 0 Å². The lowest BCUT2D eigenvalue weighted by molar-refractivity contribution is -0.0656. The molecule has 2 aliphatic heterocycles. The van der Waals surface area contributed by atoms with E-state index in [1.807, 2.05) is 12.1 Å². The summed E-state index contributed by atoms with van der Waals surface area (Å²) in [6.07, 6.45) is -0.114. The Morgan fingerprint density at radius 2 is 1.59 bits per heavy atom. The molecule has 0 amide bonds. The summed E-state index contributed by atoms with van der Waals surface area (Å²) >= 11 is 0. The first-order valence-corrected chi connectivity index (χ1v) is 10.1. The fraction of sp³-hybridized carbons (Fsp3) is 0.240. The fourth-order valence-electron chi connectivity index (χ4n) is 4.65. The van der Waals surface area contributed by atoms with E-state index in [-0.39, 0.29) is 18.2 Å². The molecule has 0 aliphatic carbocycles. The van der Waals surface area contributed by atoms with Gasteiger partial charge in [-0.15, -0.1) is 0 Å². The molecule has 0 radical (unpaired) electrons. The van der Waals surface area contributed by atoms with Crippen LogP contribution in [0.25, 0.3) is 0 Å². The Kier molecular flexibility index (Phi) is 4.57. The van der Waals surface area contributed by atoms with Crippen LogP contribution in [0.1, 0.15) is 41.1 Å². The number of methoxy groups -OCH3 is 1. The number of fused-ring (bicyclic) bond motifs is 3. The SMILES string of the molecule is CCN1[C@@H](c2ccccc2)c2ccccc2[C@@H]2C(c3ccc(OC)cc3)=NO[C@@H]21. The number of hydrogen-bond acceptors (Lipinski definition) is 4. The Morgan fingerprint density at radius 1 is 0.897 bits per heavy atom. The Hall–Kier alpha value is -3.11. The molecular formula is C25H24N2O2. The van der Waals surface area contributed by atoms with E-state index in [1.165, 1.54) is 16.7 Å². The molecule has 3 aromatic rings. The maximum atomic E-state index is 6.08. The molecule has 3 aromatic carbocycles. The molecule has 4 nitrogen and oxygen atoms in total. The molecule has 29 heavy (non-hydrogen) atoms. The number of oxime groups is 1. The van der Waals surface area contributed by atoms with Crippen molar-refractivity contribution in [1.82, 2.24) is 4.90 Å². The van der Waals surface area contributed by atoms with Gasteiger partial charge in [-0.3, -0.25) is 4.90 Å². The third-order valence-corrected chi connectivity index (χ3v) is 5.99. The van der Waals surface area contributed by atoms with Gasteiger partial charge in [0, 0.05) is 5.56 Å². The van der Waals surface area contributed by atoms with Crippen LogP contribution in [-0.4, -0.2) is 30.5 Å². The van der Waals surface area contributed by atoms with Crippen LogP contribution in [0.4, 0.5) is 0 Å². The normalized spacial score (nSPS) is 23.0. The fourth-order valence-corrected chi connectivity index (χ4v) is 4.65. The Labute approximate surface area is 171 Å². The minimum Gasteiger partial charge on any atom is -0.497 e. The highest BCUT2D eigenvalue weighted by Gasteiger charge is 2.48. The van der Waals surface area contributed by atoms with Gasteiger partial charge in [0.25, 0.3) is 0 Å². The summed E-state index contributed by atoms with van der Waals surface area (Å²) in [5, 5.41) is 4.57. The van der Waals surface area contributed by atoms with Gasteiger partial charge in [0.1, 0.15) is 5.75 Å². The van der Waals surface area contributed by atoms with Crippen LogP contribution < -0.4 is 4.74 Å². The van der Waals surface area contributed by atoms with E-state index in [4.69, 9.17) is 9.57 Å². The van der Waals surface area contributed by atoms with E-state index in [0.29, 0.717) is 0 Å². The van der Waals surface area contributed by atoms with Crippen molar-refractivity contribution >= 4 is 5.71 Å². The van der Waals surface area contributed by atoms with Crippen LogP contribution in [0.5, 0.6) is 5.75 Å². The lowest BCUT2D eigenvalue weighted by atomic mass is 9.78. The second kappa shape index (κ2) is 7.37. The van der Waals surface area contributed by atoms with Crippen LogP contribution in [-0.2, 0) is 4.84 Å². The zero-order chi connectivity index (χ0) is 19.8. The zero-order valence-corrected chi connectivity index (χ0v) is 16.7. The van der Waals surface area contributed by atoms with Gasteiger partial charge in [0.2, 0.25) is 0 Å². The second-order valence-electron chi connectivity index (χ2n) is 7.45. The van der Waals surface area contributed by atoms with E-state index in [2.05, 4.69) is 83.7 Å². The van der Waals surface area contributed by atoms with Crippen molar-refractivity contribution in [3.63, 3.8) is 0 Å². The lowest BCUT2D eigenvalue weighted by Crippen LogP contribution is -2.47. The molecule has 0 saturated heterocycles. The van der Waals surface area contributed by atoms with E-state index in [9.17, 15) is 0 Å². The van der Waals surface area contributed by atoms with Crippen LogP contribution in [0.2, 0.25) is 0 Å². The third kappa shape index (κ3) is 2.91. The molecule has 5 rings (SSSR count). The van der Waals surface area contributed by atoms with Crippen molar-refractivity contribution in [3.05, 3.63) is 101 Å². The number of hydrogen-bond donors (Lipinski definition) is 0. The number of benzene rings is 3. The van der Waals surface area contributed by atoms with Crippen LogP contribution in [0.3, 0.4) is 0 Å². The first-order chi connectivity index (χ1) is 14.3. The maximum Gasteiger partial charge on any atom is 0.194 e. The van der Waals surface area contributed by atoms with Gasteiger partial charge in [-0.2, -0.15) is 0 Å². The van der Waals surface area contributed by atoms with Gasteiger partial charge in [-0.05, 0) is 47.5 Å². The van der Waals surface area contributed by atoms with Crippen molar-refractivity contribution < 1.29 is 9.57 Å². The van der Waals surface area contributed by atoms with E-state index in [0.717, 1.165) is 23.6 Å². The molecule has 3 atom stereocenters. The number of nitrogens with zero attached hydrogens (tertiary/aromatic N) is 2. The molecule has 4 heteroatoms. The average molecular weight is 384 g/mol. The molecule has 0 spiro atoms. The van der Waals surface area contributed by atoms with Gasteiger partial charge in [0.05, 0.1) is 24.8 Å².